The van der Waals surface area contributed by atoms with Crippen LogP contribution < -0.4 is 22.9 Å². The van der Waals surface area contributed by atoms with Crippen LogP contribution in [0.1, 0.15) is 5.56 Å². The quantitative estimate of drug-likeness (QED) is 0.263. The molecule has 0 aromatic heterocycles. The summed E-state index contributed by atoms with van der Waals surface area (Å²) in [5.74, 6) is -1.86. The molecule has 0 bridgehead atoms. The predicted octanol–water partition coefficient (Wildman–Crippen LogP) is -3.24. The van der Waals surface area contributed by atoms with Gasteiger partial charge in [0.05, 0.1) is 26.2 Å². The molecule has 0 radical (unpaired) electrons. The Labute approximate surface area is 206 Å². The van der Waals surface area contributed by atoms with Crippen molar-refractivity contribution in [3.05, 3.63) is 35.9 Å². The average Bonchev–Trinajstić information content (AvgIpc) is 2.76. The van der Waals surface area contributed by atoms with Crippen LogP contribution in [0.2, 0.25) is 0 Å². The van der Waals surface area contributed by atoms with Gasteiger partial charge in [0.25, 0.3) is 0 Å². The molecule has 1 aliphatic rings. The molecule has 8 N–H and O–H groups in total. The Morgan fingerprint density at radius 1 is 0.629 bits per heavy atom. The molecule has 35 heavy (non-hydrogen) atoms. The van der Waals surface area contributed by atoms with E-state index in [1.165, 1.54) is 0 Å². The Bertz CT molecular complexity index is 853. The molecule has 1 atom stereocenters. The second-order valence-electron chi connectivity index (χ2n) is 8.97. The van der Waals surface area contributed by atoms with E-state index in [2.05, 4.69) is 0 Å². The highest BCUT2D eigenvalue weighted by atomic mass is 16.2. The van der Waals surface area contributed by atoms with Gasteiger partial charge in [-0.25, -0.2) is 0 Å². The van der Waals surface area contributed by atoms with E-state index in [-0.39, 0.29) is 32.2 Å². The molecule has 1 aliphatic heterocycles. The molecule has 1 aromatic carbocycles. The number of hydrogen-bond donors (Lipinski definition) is 4. The van der Waals surface area contributed by atoms with Crippen molar-refractivity contribution in [2.75, 3.05) is 72.0 Å². The Balaban J connectivity index is 2.36. The molecule has 1 heterocycles. The number of amides is 4. The minimum atomic E-state index is -0.467. The molecule has 1 aromatic rings. The van der Waals surface area contributed by atoms with E-state index in [1.54, 1.807) is 0 Å². The maximum Gasteiger partial charge on any atom is 0.231 e. The fraction of sp³-hybridized carbons (Fsp3) is 0.565. The summed E-state index contributed by atoms with van der Waals surface area (Å²) in [6, 6.07) is 9.67. The first-order chi connectivity index (χ1) is 16.6. The maximum absolute atomic E-state index is 12.0. The summed E-state index contributed by atoms with van der Waals surface area (Å²) in [7, 11) is 0. The molecule has 1 fully saturated rings. The fourth-order valence-corrected chi connectivity index (χ4v) is 4.36. The van der Waals surface area contributed by atoms with E-state index in [9.17, 15) is 19.2 Å². The van der Waals surface area contributed by atoms with E-state index in [1.807, 2.05) is 49.9 Å². The van der Waals surface area contributed by atoms with Crippen LogP contribution in [0.15, 0.2) is 30.3 Å². The van der Waals surface area contributed by atoms with Crippen LogP contribution in [0.25, 0.3) is 0 Å². The lowest BCUT2D eigenvalue weighted by Gasteiger charge is -2.38. The first-order valence-corrected chi connectivity index (χ1v) is 11.7. The topological polar surface area (TPSA) is 185 Å². The van der Waals surface area contributed by atoms with Crippen molar-refractivity contribution in [1.82, 2.24) is 19.6 Å². The lowest BCUT2D eigenvalue weighted by molar-refractivity contribution is -0.122. The van der Waals surface area contributed by atoms with E-state index < -0.39 is 23.6 Å². The van der Waals surface area contributed by atoms with E-state index >= 15 is 0 Å². The highest BCUT2D eigenvalue weighted by molar-refractivity contribution is 5.77. The third kappa shape index (κ3) is 11.3. The summed E-state index contributed by atoms with van der Waals surface area (Å²) >= 11 is 0. The van der Waals surface area contributed by atoms with Gasteiger partial charge in [-0.15, -0.1) is 0 Å². The monoisotopic (exact) mass is 490 g/mol. The van der Waals surface area contributed by atoms with Gasteiger partial charge in [-0.05, 0) is 12.0 Å². The molecule has 0 aliphatic carbocycles. The summed E-state index contributed by atoms with van der Waals surface area (Å²) in [5.41, 5.74) is 23.1. The first kappa shape index (κ1) is 28.2. The van der Waals surface area contributed by atoms with Gasteiger partial charge in [0.1, 0.15) is 0 Å². The largest absolute Gasteiger partial charge is 0.369 e. The molecule has 2 rings (SSSR count). The number of hydrogen-bond acceptors (Lipinski definition) is 8. The smallest absolute Gasteiger partial charge is 0.231 e. The van der Waals surface area contributed by atoms with Crippen molar-refractivity contribution in [2.45, 2.75) is 12.5 Å². The molecular formula is C23H38N8O4. The number of rotatable bonds is 10. The van der Waals surface area contributed by atoms with Crippen molar-refractivity contribution >= 4 is 23.6 Å². The average molecular weight is 491 g/mol. The van der Waals surface area contributed by atoms with Crippen LogP contribution in [0.5, 0.6) is 0 Å². The number of nitrogens with zero attached hydrogens (tertiary/aromatic N) is 4. The Morgan fingerprint density at radius 2 is 1.06 bits per heavy atom. The highest BCUT2D eigenvalue weighted by Crippen LogP contribution is 2.13. The SMILES string of the molecule is NC(=O)CN1CCN(CC(N)=O)CCN(CC(N)=O)C(Cc2ccccc2)CN(CC(N)=O)CC1. The molecule has 12 nitrogen and oxygen atoms in total. The van der Waals surface area contributed by atoms with Crippen LogP contribution in [-0.4, -0.2) is 121 Å². The molecule has 1 unspecified atom stereocenters. The van der Waals surface area contributed by atoms with Gasteiger partial charge < -0.3 is 22.9 Å². The summed E-state index contributed by atoms with van der Waals surface area (Å²) in [4.78, 5) is 54.8. The molecule has 0 spiro atoms. The van der Waals surface area contributed by atoms with Crippen molar-refractivity contribution < 1.29 is 19.2 Å². The third-order valence-electron chi connectivity index (χ3n) is 5.97. The molecule has 194 valence electrons. The van der Waals surface area contributed by atoms with Gasteiger partial charge in [-0.2, -0.15) is 0 Å². The molecule has 12 heteroatoms. The normalized spacial score (nSPS) is 19.9. The van der Waals surface area contributed by atoms with Gasteiger partial charge in [0.2, 0.25) is 23.6 Å². The zero-order chi connectivity index (χ0) is 25.8. The summed E-state index contributed by atoms with van der Waals surface area (Å²) in [6.07, 6.45) is 0.615. The second-order valence-corrected chi connectivity index (χ2v) is 8.97. The van der Waals surface area contributed by atoms with E-state index in [0.717, 1.165) is 5.56 Å². The Kier molecular flexibility index (Phi) is 11.6. The van der Waals surface area contributed by atoms with E-state index in [0.29, 0.717) is 52.2 Å². The van der Waals surface area contributed by atoms with Gasteiger partial charge >= 0.3 is 0 Å². The lowest BCUT2D eigenvalue weighted by atomic mass is 10.0. The molecule has 1 saturated heterocycles. The van der Waals surface area contributed by atoms with Crippen molar-refractivity contribution in [3.63, 3.8) is 0 Å². The van der Waals surface area contributed by atoms with Crippen LogP contribution in [0.3, 0.4) is 0 Å². The molecular weight excluding hydrogens is 452 g/mol. The first-order valence-electron chi connectivity index (χ1n) is 11.7. The summed E-state index contributed by atoms with van der Waals surface area (Å²) in [6.45, 7) is 3.40. The summed E-state index contributed by atoms with van der Waals surface area (Å²) < 4.78 is 0. The Morgan fingerprint density at radius 3 is 1.54 bits per heavy atom. The van der Waals surface area contributed by atoms with Crippen LogP contribution in [0, 0.1) is 0 Å². The second kappa shape index (κ2) is 14.4. The number of carbonyl (C=O) groups is 4. The van der Waals surface area contributed by atoms with Crippen LogP contribution in [0.4, 0.5) is 0 Å². The lowest BCUT2D eigenvalue weighted by Crippen LogP contribution is -2.54. The fourth-order valence-electron chi connectivity index (χ4n) is 4.36. The standard InChI is InChI=1S/C23H38N8O4/c24-20(32)14-28-6-7-29(15-21(25)33)10-11-31(17-23(27)35)19(12-18-4-2-1-3-5-18)13-30(9-8-28)16-22(26)34/h1-5,19H,6-17H2,(H2,24,32)(H2,25,33)(H2,26,34)(H2,27,35). The summed E-state index contributed by atoms with van der Waals surface area (Å²) in [5, 5.41) is 0. The van der Waals surface area contributed by atoms with Crippen molar-refractivity contribution in [1.29, 1.82) is 0 Å². The number of carbonyl (C=O) groups excluding carboxylic acids is 4. The molecule has 4 amide bonds. The van der Waals surface area contributed by atoms with Gasteiger partial charge in [-0.1, -0.05) is 30.3 Å². The van der Waals surface area contributed by atoms with Gasteiger partial charge in [0.15, 0.2) is 0 Å². The number of nitrogens with two attached hydrogens (primary N) is 4. The maximum atomic E-state index is 12.0. The minimum Gasteiger partial charge on any atom is -0.369 e. The van der Waals surface area contributed by atoms with Crippen molar-refractivity contribution in [3.8, 4) is 0 Å². The van der Waals surface area contributed by atoms with Gasteiger partial charge in [0, 0.05) is 51.9 Å². The third-order valence-corrected chi connectivity index (χ3v) is 5.97. The minimum absolute atomic E-state index is 0.0279. The number of benzene rings is 1. The zero-order valence-electron chi connectivity index (χ0n) is 20.2. The zero-order valence-corrected chi connectivity index (χ0v) is 20.2. The predicted molar refractivity (Wildman–Crippen MR) is 132 cm³/mol. The Hall–Kier alpha value is -3.06. The van der Waals surface area contributed by atoms with Crippen LogP contribution in [-0.2, 0) is 25.6 Å². The van der Waals surface area contributed by atoms with Gasteiger partial charge in [-0.3, -0.25) is 38.8 Å². The number of primary amides is 4. The molecule has 0 saturated carbocycles. The van der Waals surface area contributed by atoms with Crippen molar-refractivity contribution in [2.24, 2.45) is 22.9 Å². The van der Waals surface area contributed by atoms with E-state index in [4.69, 9.17) is 22.9 Å². The van der Waals surface area contributed by atoms with Crippen LogP contribution >= 0.6 is 0 Å². The highest BCUT2D eigenvalue weighted by Gasteiger charge is 2.26.